The fourth-order valence-electron chi connectivity index (χ4n) is 8.43. The van der Waals surface area contributed by atoms with Crippen LogP contribution in [0.4, 0.5) is 0 Å². The maximum Gasteiger partial charge on any atom is 0.159 e. The van der Waals surface area contributed by atoms with E-state index in [4.69, 9.17) is 0 Å². The molecule has 0 saturated heterocycles. The molecule has 0 N–H and O–H groups in total. The zero-order chi connectivity index (χ0) is 36.6. The van der Waals surface area contributed by atoms with Gasteiger partial charge in [0.05, 0.1) is 49.9 Å². The third-order valence-electron chi connectivity index (χ3n) is 10.8. The molecular weight excluding hydrogens is 675 g/mol. The highest BCUT2D eigenvalue weighted by atomic mass is 15.0. The summed E-state index contributed by atoms with van der Waals surface area (Å²) in [7, 11) is 0. The van der Waals surface area contributed by atoms with Crippen LogP contribution in [0.5, 0.6) is 0 Å². The van der Waals surface area contributed by atoms with Crippen LogP contribution in [-0.4, -0.2) is 23.7 Å². The summed E-state index contributed by atoms with van der Waals surface area (Å²) in [5, 5.41) is 26.8. The molecule has 55 heavy (non-hydrogen) atoms. The molecule has 0 aliphatic heterocycles. The fourth-order valence-corrected chi connectivity index (χ4v) is 8.43. The van der Waals surface area contributed by atoms with Crippen LogP contribution in [0.25, 0.3) is 93.9 Å². The van der Waals surface area contributed by atoms with Crippen molar-refractivity contribution < 1.29 is 0 Å². The Labute approximate surface area is 314 Å². The molecule has 0 radical (unpaired) electrons. The number of nitrogens with zero attached hydrogens (tertiary/aromatic N) is 7. The number of para-hydroxylation sites is 4. The normalized spacial score (nSPS) is 11.6. The van der Waals surface area contributed by atoms with Gasteiger partial charge in [-0.25, -0.2) is 9.97 Å². The number of benzene rings is 7. The Hall–Kier alpha value is -8.00. The van der Waals surface area contributed by atoms with E-state index < -0.39 is 0 Å². The quantitative estimate of drug-likeness (QED) is 0.183. The van der Waals surface area contributed by atoms with Crippen LogP contribution >= 0.6 is 0 Å². The summed E-state index contributed by atoms with van der Waals surface area (Å²) in [5.41, 5.74) is 11.0. The highest BCUT2D eigenvalue weighted by molar-refractivity contribution is 6.14. The van der Waals surface area contributed by atoms with Crippen molar-refractivity contribution in [3.63, 3.8) is 0 Å². The largest absolute Gasteiger partial charge is 0.309 e. The number of fused-ring (bicyclic) bond motifs is 9. The van der Waals surface area contributed by atoms with Crippen molar-refractivity contribution in [1.82, 2.24) is 23.7 Å². The van der Waals surface area contributed by atoms with Gasteiger partial charge in [-0.15, -0.1) is 0 Å². The summed E-state index contributed by atoms with van der Waals surface area (Å²) in [6.45, 7) is 0. The van der Waals surface area contributed by atoms with Crippen LogP contribution in [0.3, 0.4) is 0 Å². The molecule has 0 amide bonds. The van der Waals surface area contributed by atoms with E-state index in [-0.39, 0.29) is 0 Å². The van der Waals surface area contributed by atoms with Crippen molar-refractivity contribution in [2.75, 3.05) is 0 Å². The molecule has 0 aliphatic carbocycles. The first-order valence-corrected chi connectivity index (χ1v) is 18.0. The van der Waals surface area contributed by atoms with Crippen molar-refractivity contribution in [3.8, 4) is 40.6 Å². The predicted octanol–water partition coefficient (Wildman–Crippen LogP) is 11.2. The molecule has 0 unspecified atom stereocenters. The first-order chi connectivity index (χ1) is 27.2. The average Bonchev–Trinajstić information content (AvgIpc) is 3.88. The van der Waals surface area contributed by atoms with Gasteiger partial charge < -0.3 is 13.7 Å². The van der Waals surface area contributed by atoms with Gasteiger partial charge in [0.15, 0.2) is 5.82 Å². The summed E-state index contributed by atoms with van der Waals surface area (Å²) in [4.78, 5) is 8.77. The summed E-state index contributed by atoms with van der Waals surface area (Å²) < 4.78 is 6.88. The molecule has 0 spiro atoms. The van der Waals surface area contributed by atoms with Crippen LogP contribution in [0.15, 0.2) is 164 Å². The zero-order valence-electron chi connectivity index (χ0n) is 29.2. The van der Waals surface area contributed by atoms with Gasteiger partial charge in [-0.3, -0.25) is 0 Å². The molecule has 7 nitrogen and oxygen atoms in total. The lowest BCUT2D eigenvalue weighted by Crippen LogP contribution is -2.00. The first kappa shape index (κ1) is 30.6. The smallest absolute Gasteiger partial charge is 0.159 e. The van der Waals surface area contributed by atoms with Crippen molar-refractivity contribution in [2.24, 2.45) is 0 Å². The Balaban J connectivity index is 1.20. The minimum Gasteiger partial charge on any atom is -0.309 e. The molecule has 0 aliphatic rings. The maximum atomic E-state index is 10.6. The molecule has 7 heteroatoms. The standard InChI is InChI=1S/C48H27N7/c49-26-30-28-51-48(52-29-30)31-17-20-41(32(23-31)27-50)55-46-21-18-33(53-42-13-5-1-9-35(42)36-10-2-6-14-43(36)53)24-39(46)40-25-34(19-22-47(40)55)54-44-15-7-3-11-37(44)38-12-4-8-16-45(38)54/h1-25,28-29H. The SMILES string of the molecule is N#Cc1cnc(-c2ccc(-n3c4ccc(-n5c6ccccc6c6ccccc65)cc4c4cc(-n5c6ccccc6c6ccccc65)ccc43)c(C#N)c2)nc1. The van der Waals surface area contributed by atoms with Crippen molar-refractivity contribution in [3.05, 3.63) is 175 Å². The molecule has 0 saturated carbocycles. The molecule has 0 fully saturated rings. The molecule has 11 aromatic rings. The fraction of sp³-hybridized carbons (Fsp3) is 0. The van der Waals surface area contributed by atoms with E-state index in [1.54, 1.807) is 0 Å². The van der Waals surface area contributed by atoms with Crippen LogP contribution in [0, 0.1) is 22.7 Å². The first-order valence-electron chi connectivity index (χ1n) is 18.0. The number of nitriles is 2. The van der Waals surface area contributed by atoms with Crippen LogP contribution < -0.4 is 0 Å². The van der Waals surface area contributed by atoms with Crippen LogP contribution in [-0.2, 0) is 0 Å². The summed E-state index contributed by atoms with van der Waals surface area (Å²) in [6.07, 6.45) is 3.00. The zero-order valence-corrected chi connectivity index (χ0v) is 29.2. The average molecular weight is 702 g/mol. The minimum atomic E-state index is 0.381. The number of hydrogen-bond donors (Lipinski definition) is 0. The Bertz CT molecular complexity index is 3180. The number of aromatic nitrogens is 5. The molecule has 0 atom stereocenters. The summed E-state index contributed by atoms with van der Waals surface area (Å²) in [5.74, 6) is 0.455. The maximum absolute atomic E-state index is 10.6. The molecule has 7 aromatic carbocycles. The van der Waals surface area contributed by atoms with Crippen molar-refractivity contribution >= 4 is 65.4 Å². The van der Waals surface area contributed by atoms with Crippen LogP contribution in [0.2, 0.25) is 0 Å². The third-order valence-corrected chi connectivity index (χ3v) is 10.8. The Morgan fingerprint density at radius 2 is 0.836 bits per heavy atom. The highest BCUT2D eigenvalue weighted by Crippen LogP contribution is 2.40. The second-order valence-electron chi connectivity index (χ2n) is 13.7. The molecule has 4 aromatic heterocycles. The van der Waals surface area contributed by atoms with Gasteiger partial charge in [0.1, 0.15) is 12.1 Å². The van der Waals surface area contributed by atoms with Gasteiger partial charge >= 0.3 is 0 Å². The second-order valence-corrected chi connectivity index (χ2v) is 13.7. The van der Waals surface area contributed by atoms with E-state index in [0.29, 0.717) is 22.5 Å². The van der Waals surface area contributed by atoms with Gasteiger partial charge in [0.25, 0.3) is 0 Å². The molecule has 11 rings (SSSR count). The third kappa shape index (κ3) is 4.48. The van der Waals surface area contributed by atoms with Gasteiger partial charge in [0, 0.05) is 61.6 Å². The van der Waals surface area contributed by atoms with Gasteiger partial charge in [0.2, 0.25) is 0 Å². The van der Waals surface area contributed by atoms with E-state index in [1.165, 1.54) is 33.9 Å². The van der Waals surface area contributed by atoms with Gasteiger partial charge in [-0.05, 0) is 78.9 Å². The van der Waals surface area contributed by atoms with Gasteiger partial charge in [-0.1, -0.05) is 72.8 Å². The molecule has 4 heterocycles. The number of hydrogen-bond acceptors (Lipinski definition) is 4. The van der Waals surface area contributed by atoms with E-state index in [0.717, 1.165) is 60.9 Å². The monoisotopic (exact) mass is 701 g/mol. The Kier molecular flexibility index (Phi) is 6.54. The molecule has 0 bridgehead atoms. The van der Waals surface area contributed by atoms with E-state index >= 15 is 0 Å². The second kappa shape index (κ2) is 11.8. The predicted molar refractivity (Wildman–Crippen MR) is 220 cm³/mol. The van der Waals surface area contributed by atoms with E-state index in [1.807, 2.05) is 18.2 Å². The van der Waals surface area contributed by atoms with E-state index in [2.05, 4.69) is 169 Å². The lowest BCUT2D eigenvalue weighted by molar-refractivity contribution is 1.14. The van der Waals surface area contributed by atoms with Crippen molar-refractivity contribution in [1.29, 1.82) is 10.5 Å². The number of rotatable bonds is 4. The Morgan fingerprint density at radius 1 is 0.400 bits per heavy atom. The summed E-state index contributed by atoms with van der Waals surface area (Å²) >= 11 is 0. The lowest BCUT2D eigenvalue weighted by atomic mass is 10.1. The topological polar surface area (TPSA) is 88.1 Å². The van der Waals surface area contributed by atoms with Gasteiger partial charge in [-0.2, -0.15) is 10.5 Å². The molecular formula is C48H27N7. The molecule has 254 valence electrons. The Morgan fingerprint density at radius 3 is 1.27 bits per heavy atom. The lowest BCUT2D eigenvalue weighted by Gasteiger charge is -2.13. The summed E-state index contributed by atoms with van der Waals surface area (Å²) in [6, 6.07) is 57.8. The van der Waals surface area contributed by atoms with E-state index in [9.17, 15) is 10.5 Å². The van der Waals surface area contributed by atoms with Crippen molar-refractivity contribution in [2.45, 2.75) is 0 Å². The highest BCUT2D eigenvalue weighted by Gasteiger charge is 2.20. The minimum absolute atomic E-state index is 0.381. The van der Waals surface area contributed by atoms with Crippen LogP contribution in [0.1, 0.15) is 11.1 Å².